The van der Waals surface area contributed by atoms with Gasteiger partial charge in [0.05, 0.1) is 12.7 Å². The van der Waals surface area contributed by atoms with Crippen LogP contribution in [0.1, 0.15) is 12.8 Å². The van der Waals surface area contributed by atoms with Crippen molar-refractivity contribution in [2.24, 2.45) is 0 Å². The van der Waals surface area contributed by atoms with Crippen LogP contribution in [0, 0.1) is 0 Å². The van der Waals surface area contributed by atoms with Crippen LogP contribution in [0.3, 0.4) is 0 Å². The Morgan fingerprint density at radius 3 is 2.59 bits per heavy atom. The number of nitrogens with one attached hydrogen (secondary N) is 2. The molecule has 0 atom stereocenters. The highest BCUT2D eigenvalue weighted by atomic mass is 19.4. The van der Waals surface area contributed by atoms with E-state index in [1.54, 1.807) is 18.6 Å². The first-order valence-corrected chi connectivity index (χ1v) is 5.35. The van der Waals surface area contributed by atoms with Crippen LogP contribution in [0.4, 0.5) is 19.0 Å². The van der Waals surface area contributed by atoms with Crippen LogP contribution in [0.15, 0.2) is 18.6 Å². The van der Waals surface area contributed by atoms with Gasteiger partial charge in [-0.05, 0) is 12.8 Å². The number of halogens is 3. The molecule has 1 aromatic heterocycles. The van der Waals surface area contributed by atoms with Gasteiger partial charge in [-0.15, -0.1) is 0 Å². The predicted molar refractivity (Wildman–Crippen MR) is 56.5 cm³/mol. The first kappa shape index (κ1) is 12.1. The third kappa shape index (κ3) is 3.85. The lowest BCUT2D eigenvalue weighted by molar-refractivity contribution is -0.127. The standard InChI is InChI=1S/C10H13F3N4/c11-10(12,13)6-16-7-3-8(4-7)17-9-5-14-1-2-15-9/h1-2,5,7-8,16H,3-4,6H2,(H,15,17). The third-order valence-electron chi connectivity index (χ3n) is 2.64. The summed E-state index contributed by atoms with van der Waals surface area (Å²) in [7, 11) is 0. The molecule has 1 saturated carbocycles. The number of nitrogens with zero attached hydrogens (tertiary/aromatic N) is 2. The fourth-order valence-corrected chi connectivity index (χ4v) is 1.75. The van der Waals surface area contributed by atoms with Gasteiger partial charge in [0, 0.05) is 24.5 Å². The highest BCUT2D eigenvalue weighted by Crippen LogP contribution is 2.24. The highest BCUT2D eigenvalue weighted by Gasteiger charge is 2.33. The van der Waals surface area contributed by atoms with Crippen LogP contribution in [-0.4, -0.2) is 34.8 Å². The van der Waals surface area contributed by atoms with E-state index in [9.17, 15) is 13.2 Å². The van der Waals surface area contributed by atoms with Crippen molar-refractivity contribution in [1.82, 2.24) is 15.3 Å². The largest absolute Gasteiger partial charge is 0.401 e. The van der Waals surface area contributed by atoms with Crippen LogP contribution in [0.25, 0.3) is 0 Å². The molecular weight excluding hydrogens is 233 g/mol. The van der Waals surface area contributed by atoms with Crippen molar-refractivity contribution in [2.45, 2.75) is 31.1 Å². The molecule has 1 aliphatic rings. The van der Waals surface area contributed by atoms with Crippen LogP contribution in [0.2, 0.25) is 0 Å². The number of rotatable bonds is 4. The van der Waals surface area contributed by atoms with Crippen molar-refractivity contribution in [1.29, 1.82) is 0 Å². The number of alkyl halides is 3. The zero-order valence-electron chi connectivity index (χ0n) is 9.04. The zero-order valence-corrected chi connectivity index (χ0v) is 9.04. The second kappa shape index (κ2) is 4.87. The molecule has 2 N–H and O–H groups in total. The lowest BCUT2D eigenvalue weighted by Gasteiger charge is -2.36. The highest BCUT2D eigenvalue weighted by molar-refractivity contribution is 5.32. The SMILES string of the molecule is FC(F)(F)CNC1CC(Nc2cnccn2)C1. The Bertz CT molecular complexity index is 348. The van der Waals surface area contributed by atoms with Gasteiger partial charge in [-0.25, -0.2) is 4.98 Å². The predicted octanol–water partition coefficient (Wildman–Crippen LogP) is 1.57. The summed E-state index contributed by atoms with van der Waals surface area (Å²) in [6.07, 6.45) is 1.94. The van der Waals surface area contributed by atoms with Crippen molar-refractivity contribution < 1.29 is 13.2 Å². The molecule has 0 aromatic carbocycles. The average molecular weight is 246 g/mol. The molecule has 0 aliphatic heterocycles. The van der Waals surface area contributed by atoms with E-state index in [4.69, 9.17) is 0 Å². The maximum Gasteiger partial charge on any atom is 0.401 e. The Morgan fingerprint density at radius 2 is 2.00 bits per heavy atom. The maximum atomic E-state index is 11.9. The molecule has 7 heteroatoms. The van der Waals surface area contributed by atoms with Gasteiger partial charge in [-0.2, -0.15) is 13.2 Å². The van der Waals surface area contributed by atoms with Gasteiger partial charge in [0.1, 0.15) is 5.82 Å². The van der Waals surface area contributed by atoms with Gasteiger partial charge in [0.15, 0.2) is 0 Å². The monoisotopic (exact) mass is 246 g/mol. The van der Waals surface area contributed by atoms with E-state index >= 15 is 0 Å². The fraction of sp³-hybridized carbons (Fsp3) is 0.600. The van der Waals surface area contributed by atoms with E-state index in [1.165, 1.54) is 0 Å². The van der Waals surface area contributed by atoms with E-state index < -0.39 is 12.7 Å². The molecule has 1 heterocycles. The van der Waals surface area contributed by atoms with Crippen LogP contribution in [0.5, 0.6) is 0 Å². The molecule has 1 fully saturated rings. The van der Waals surface area contributed by atoms with E-state index in [0.717, 1.165) is 0 Å². The lowest BCUT2D eigenvalue weighted by Crippen LogP contribution is -2.50. The number of hydrogen-bond acceptors (Lipinski definition) is 4. The molecule has 0 spiro atoms. The van der Waals surface area contributed by atoms with Gasteiger partial charge in [-0.3, -0.25) is 4.98 Å². The number of anilines is 1. The summed E-state index contributed by atoms with van der Waals surface area (Å²) in [6, 6.07) is 0.114. The molecule has 0 unspecified atom stereocenters. The summed E-state index contributed by atoms with van der Waals surface area (Å²) in [5.41, 5.74) is 0. The Hall–Kier alpha value is -1.37. The van der Waals surface area contributed by atoms with E-state index in [0.29, 0.717) is 18.7 Å². The van der Waals surface area contributed by atoms with Gasteiger partial charge in [-0.1, -0.05) is 0 Å². The minimum Gasteiger partial charge on any atom is -0.366 e. The molecule has 2 rings (SSSR count). The van der Waals surface area contributed by atoms with Crippen molar-refractivity contribution >= 4 is 5.82 Å². The molecule has 17 heavy (non-hydrogen) atoms. The summed E-state index contributed by atoms with van der Waals surface area (Å²) in [5.74, 6) is 0.659. The second-order valence-electron chi connectivity index (χ2n) is 4.10. The normalized spacial score (nSPS) is 24.2. The third-order valence-corrected chi connectivity index (χ3v) is 2.64. The minimum atomic E-state index is -4.14. The van der Waals surface area contributed by atoms with E-state index in [1.807, 2.05) is 0 Å². The van der Waals surface area contributed by atoms with E-state index in [-0.39, 0.29) is 12.1 Å². The minimum absolute atomic E-state index is 0.0641. The average Bonchev–Trinajstić information content (AvgIpc) is 2.21. The number of aromatic nitrogens is 2. The zero-order chi connectivity index (χ0) is 12.3. The topological polar surface area (TPSA) is 49.8 Å². The van der Waals surface area contributed by atoms with Gasteiger partial charge >= 0.3 is 6.18 Å². The molecule has 0 bridgehead atoms. The van der Waals surface area contributed by atoms with Gasteiger partial charge < -0.3 is 10.6 Å². The molecule has 1 aromatic rings. The van der Waals surface area contributed by atoms with Crippen LogP contribution < -0.4 is 10.6 Å². The summed E-state index contributed by atoms with van der Waals surface area (Å²) in [4.78, 5) is 7.93. The molecular formula is C10H13F3N4. The summed E-state index contributed by atoms with van der Waals surface area (Å²) in [6.45, 7) is -0.921. The van der Waals surface area contributed by atoms with Crippen molar-refractivity contribution in [3.8, 4) is 0 Å². The molecule has 1 aliphatic carbocycles. The molecule has 0 amide bonds. The molecule has 0 saturated heterocycles. The Morgan fingerprint density at radius 1 is 1.24 bits per heavy atom. The Labute approximate surface area is 96.7 Å². The van der Waals surface area contributed by atoms with Crippen molar-refractivity contribution in [3.63, 3.8) is 0 Å². The molecule has 94 valence electrons. The fourth-order valence-electron chi connectivity index (χ4n) is 1.75. The summed E-state index contributed by atoms with van der Waals surface area (Å²) < 4.78 is 35.8. The van der Waals surface area contributed by atoms with Crippen LogP contribution in [-0.2, 0) is 0 Å². The Balaban J connectivity index is 1.66. The Kier molecular flexibility index (Phi) is 3.46. The molecule has 4 nitrogen and oxygen atoms in total. The maximum absolute atomic E-state index is 11.9. The molecule has 0 radical (unpaired) electrons. The van der Waals surface area contributed by atoms with Crippen molar-refractivity contribution in [3.05, 3.63) is 18.6 Å². The first-order chi connectivity index (χ1) is 8.03. The second-order valence-corrected chi connectivity index (χ2v) is 4.10. The quantitative estimate of drug-likeness (QED) is 0.846. The lowest BCUT2D eigenvalue weighted by atomic mass is 9.87. The number of hydrogen-bond donors (Lipinski definition) is 2. The summed E-state index contributed by atoms with van der Waals surface area (Å²) >= 11 is 0. The summed E-state index contributed by atoms with van der Waals surface area (Å²) in [5, 5.41) is 5.58. The van der Waals surface area contributed by atoms with Gasteiger partial charge in [0.2, 0.25) is 0 Å². The van der Waals surface area contributed by atoms with Crippen molar-refractivity contribution in [2.75, 3.05) is 11.9 Å². The van der Waals surface area contributed by atoms with Crippen LogP contribution >= 0.6 is 0 Å². The smallest absolute Gasteiger partial charge is 0.366 e. The first-order valence-electron chi connectivity index (χ1n) is 5.35. The van der Waals surface area contributed by atoms with E-state index in [2.05, 4.69) is 20.6 Å². The van der Waals surface area contributed by atoms with Gasteiger partial charge in [0.25, 0.3) is 0 Å².